The van der Waals surface area contributed by atoms with Gasteiger partial charge in [0, 0.05) is 32.0 Å². The SMILES string of the molecule is Cc1nnc(SCC(=O)N2CCC(CNC(=O)c3cnccn3)CC2)s1. The summed E-state index contributed by atoms with van der Waals surface area (Å²) in [6.07, 6.45) is 6.26. The molecule has 26 heavy (non-hydrogen) atoms. The van der Waals surface area contributed by atoms with E-state index < -0.39 is 0 Å². The zero-order valence-electron chi connectivity index (χ0n) is 14.4. The van der Waals surface area contributed by atoms with E-state index in [1.807, 2.05) is 11.8 Å². The molecule has 1 N–H and O–H groups in total. The molecule has 2 aromatic heterocycles. The number of nitrogens with zero attached hydrogens (tertiary/aromatic N) is 5. The van der Waals surface area contributed by atoms with E-state index in [9.17, 15) is 9.59 Å². The van der Waals surface area contributed by atoms with Crippen LogP contribution in [0.25, 0.3) is 0 Å². The molecule has 0 bridgehead atoms. The number of aryl methyl sites for hydroxylation is 1. The minimum absolute atomic E-state index is 0.130. The molecule has 8 nitrogen and oxygen atoms in total. The minimum Gasteiger partial charge on any atom is -0.350 e. The van der Waals surface area contributed by atoms with E-state index in [0.717, 1.165) is 35.3 Å². The lowest BCUT2D eigenvalue weighted by atomic mass is 9.97. The summed E-state index contributed by atoms with van der Waals surface area (Å²) in [5.41, 5.74) is 0.323. The molecule has 3 heterocycles. The molecule has 0 spiro atoms. The topological polar surface area (TPSA) is 101 Å². The number of thioether (sulfide) groups is 1. The second kappa shape index (κ2) is 9.04. The summed E-state index contributed by atoms with van der Waals surface area (Å²) in [5.74, 6) is 0.686. The van der Waals surface area contributed by atoms with Crippen molar-refractivity contribution in [2.75, 3.05) is 25.4 Å². The Kier molecular flexibility index (Phi) is 6.51. The average Bonchev–Trinajstić information content (AvgIpc) is 3.10. The number of aromatic nitrogens is 4. The van der Waals surface area contributed by atoms with Crippen LogP contribution in [0.3, 0.4) is 0 Å². The fourth-order valence-corrected chi connectivity index (χ4v) is 4.40. The first-order chi connectivity index (χ1) is 12.6. The van der Waals surface area contributed by atoms with Crippen LogP contribution in [0.15, 0.2) is 22.9 Å². The van der Waals surface area contributed by atoms with Crippen molar-refractivity contribution in [3.05, 3.63) is 29.3 Å². The number of rotatable bonds is 6. The smallest absolute Gasteiger partial charge is 0.271 e. The molecule has 3 rings (SSSR count). The molecule has 2 amide bonds. The number of hydrogen-bond acceptors (Lipinski definition) is 8. The normalized spacial score (nSPS) is 15.0. The van der Waals surface area contributed by atoms with Crippen LogP contribution in [0.4, 0.5) is 0 Å². The molecule has 138 valence electrons. The van der Waals surface area contributed by atoms with Gasteiger partial charge in [0.05, 0.1) is 11.9 Å². The maximum Gasteiger partial charge on any atom is 0.271 e. The third-order valence-electron chi connectivity index (χ3n) is 4.14. The molecule has 1 saturated heterocycles. The summed E-state index contributed by atoms with van der Waals surface area (Å²) in [4.78, 5) is 34.1. The molecular formula is C16H20N6O2S2. The molecule has 0 atom stereocenters. The summed E-state index contributed by atoms with van der Waals surface area (Å²) in [6, 6.07) is 0. The molecule has 1 aliphatic rings. The van der Waals surface area contributed by atoms with Gasteiger partial charge in [0.15, 0.2) is 4.34 Å². The number of likely N-dealkylation sites (tertiary alicyclic amines) is 1. The molecular weight excluding hydrogens is 372 g/mol. The van der Waals surface area contributed by atoms with Crippen LogP contribution in [0.1, 0.15) is 28.3 Å². The Hall–Kier alpha value is -2.07. The van der Waals surface area contributed by atoms with Crippen LogP contribution in [-0.4, -0.2) is 62.3 Å². The molecule has 0 aromatic carbocycles. The van der Waals surface area contributed by atoms with Gasteiger partial charge in [-0.3, -0.25) is 14.6 Å². The molecule has 2 aromatic rings. The Morgan fingerprint density at radius 1 is 1.31 bits per heavy atom. The third kappa shape index (κ3) is 5.21. The van der Waals surface area contributed by atoms with E-state index in [4.69, 9.17) is 0 Å². The summed E-state index contributed by atoms with van der Waals surface area (Å²) in [5, 5.41) is 11.8. The second-order valence-electron chi connectivity index (χ2n) is 6.00. The van der Waals surface area contributed by atoms with E-state index in [2.05, 4.69) is 25.5 Å². The molecule has 0 radical (unpaired) electrons. The van der Waals surface area contributed by atoms with Gasteiger partial charge in [0.25, 0.3) is 5.91 Å². The van der Waals surface area contributed by atoms with Gasteiger partial charge in [-0.15, -0.1) is 10.2 Å². The van der Waals surface area contributed by atoms with Crippen molar-refractivity contribution in [3.8, 4) is 0 Å². The lowest BCUT2D eigenvalue weighted by Gasteiger charge is -2.32. The highest BCUT2D eigenvalue weighted by molar-refractivity contribution is 8.01. The van der Waals surface area contributed by atoms with Crippen LogP contribution in [-0.2, 0) is 4.79 Å². The van der Waals surface area contributed by atoms with Gasteiger partial charge in [-0.25, -0.2) is 4.98 Å². The van der Waals surface area contributed by atoms with Gasteiger partial charge in [-0.1, -0.05) is 23.1 Å². The van der Waals surface area contributed by atoms with Gasteiger partial charge in [0.2, 0.25) is 5.91 Å². The largest absolute Gasteiger partial charge is 0.350 e. The second-order valence-corrected chi connectivity index (χ2v) is 8.40. The number of carbonyl (C=O) groups excluding carboxylic acids is 2. The highest BCUT2D eigenvalue weighted by Crippen LogP contribution is 2.23. The molecule has 1 aliphatic heterocycles. The zero-order chi connectivity index (χ0) is 18.4. The van der Waals surface area contributed by atoms with Crippen LogP contribution < -0.4 is 5.32 Å². The first-order valence-corrected chi connectivity index (χ1v) is 10.2. The van der Waals surface area contributed by atoms with E-state index in [1.54, 1.807) is 0 Å². The molecule has 0 saturated carbocycles. The number of hydrogen-bond donors (Lipinski definition) is 1. The number of carbonyl (C=O) groups is 2. The Bertz CT molecular complexity index is 746. The Labute approximate surface area is 159 Å². The quantitative estimate of drug-likeness (QED) is 0.742. The molecule has 0 unspecified atom stereocenters. The fraction of sp³-hybridized carbons (Fsp3) is 0.500. The van der Waals surface area contributed by atoms with Crippen molar-refractivity contribution < 1.29 is 9.59 Å². The zero-order valence-corrected chi connectivity index (χ0v) is 16.1. The lowest BCUT2D eigenvalue weighted by molar-refractivity contribution is -0.129. The van der Waals surface area contributed by atoms with Gasteiger partial charge in [-0.05, 0) is 25.7 Å². The number of piperidine rings is 1. The van der Waals surface area contributed by atoms with Crippen LogP contribution in [0.2, 0.25) is 0 Å². The maximum atomic E-state index is 12.3. The van der Waals surface area contributed by atoms with E-state index in [1.165, 1.54) is 41.7 Å². The van der Waals surface area contributed by atoms with Crippen LogP contribution in [0, 0.1) is 12.8 Å². The summed E-state index contributed by atoms with van der Waals surface area (Å²) in [6.45, 7) is 3.94. The highest BCUT2D eigenvalue weighted by atomic mass is 32.2. The van der Waals surface area contributed by atoms with Crippen LogP contribution in [0.5, 0.6) is 0 Å². The highest BCUT2D eigenvalue weighted by Gasteiger charge is 2.23. The fourth-order valence-electron chi connectivity index (χ4n) is 2.68. The summed E-state index contributed by atoms with van der Waals surface area (Å²) in [7, 11) is 0. The van der Waals surface area contributed by atoms with Crippen molar-refractivity contribution in [1.29, 1.82) is 0 Å². The Morgan fingerprint density at radius 2 is 2.12 bits per heavy atom. The number of nitrogens with one attached hydrogen (secondary N) is 1. The predicted molar refractivity (Wildman–Crippen MR) is 99.0 cm³/mol. The minimum atomic E-state index is -0.208. The predicted octanol–water partition coefficient (Wildman–Crippen LogP) is 1.40. The Morgan fingerprint density at radius 3 is 2.77 bits per heavy atom. The molecule has 10 heteroatoms. The summed E-state index contributed by atoms with van der Waals surface area (Å²) >= 11 is 2.94. The van der Waals surface area contributed by atoms with E-state index >= 15 is 0 Å². The van der Waals surface area contributed by atoms with Crippen LogP contribution >= 0.6 is 23.1 Å². The lowest BCUT2D eigenvalue weighted by Crippen LogP contribution is -2.42. The standard InChI is InChI=1S/C16H20N6O2S2/c1-11-20-21-16(26-11)25-10-14(23)22-6-2-12(3-7-22)8-19-15(24)13-9-17-4-5-18-13/h4-5,9,12H,2-3,6-8,10H2,1H3,(H,19,24). The average molecular weight is 393 g/mol. The molecule has 0 aliphatic carbocycles. The monoisotopic (exact) mass is 392 g/mol. The van der Waals surface area contributed by atoms with Crippen molar-refractivity contribution in [1.82, 2.24) is 30.4 Å². The van der Waals surface area contributed by atoms with Crippen molar-refractivity contribution in [2.24, 2.45) is 5.92 Å². The van der Waals surface area contributed by atoms with Gasteiger partial charge < -0.3 is 10.2 Å². The Balaban J connectivity index is 1.37. The molecule has 1 fully saturated rings. The third-order valence-corrected chi connectivity index (χ3v) is 6.10. The van der Waals surface area contributed by atoms with Gasteiger partial charge >= 0.3 is 0 Å². The van der Waals surface area contributed by atoms with Crippen molar-refractivity contribution in [2.45, 2.75) is 24.1 Å². The first kappa shape index (κ1) is 18.7. The first-order valence-electron chi connectivity index (χ1n) is 8.36. The van der Waals surface area contributed by atoms with E-state index in [-0.39, 0.29) is 11.8 Å². The maximum absolute atomic E-state index is 12.3. The van der Waals surface area contributed by atoms with Crippen molar-refractivity contribution in [3.63, 3.8) is 0 Å². The van der Waals surface area contributed by atoms with Gasteiger partial charge in [0.1, 0.15) is 10.7 Å². The summed E-state index contributed by atoms with van der Waals surface area (Å²) < 4.78 is 0.831. The van der Waals surface area contributed by atoms with E-state index in [0.29, 0.717) is 23.9 Å². The van der Waals surface area contributed by atoms with Crippen molar-refractivity contribution >= 4 is 34.9 Å². The number of amides is 2. The van der Waals surface area contributed by atoms with Gasteiger partial charge in [-0.2, -0.15) is 0 Å².